The van der Waals surface area contributed by atoms with Crippen molar-refractivity contribution in [1.29, 1.82) is 0 Å². The van der Waals surface area contributed by atoms with Crippen molar-refractivity contribution < 1.29 is 23.8 Å². The molecular formula is C11H23NO5. The first-order valence-corrected chi connectivity index (χ1v) is 5.65. The molecule has 2 N–H and O–H groups in total. The highest BCUT2D eigenvalue weighted by Crippen LogP contribution is 2.07. The summed E-state index contributed by atoms with van der Waals surface area (Å²) in [4.78, 5) is 15.6. The number of esters is 1. The van der Waals surface area contributed by atoms with Gasteiger partial charge in [-0.2, -0.15) is 0 Å². The summed E-state index contributed by atoms with van der Waals surface area (Å²) in [7, 11) is 0. The van der Waals surface area contributed by atoms with Crippen LogP contribution in [-0.4, -0.2) is 44.6 Å². The average Bonchev–Trinajstić information content (AvgIpc) is 2.19. The smallest absolute Gasteiger partial charge is 0.308 e. The second-order valence-corrected chi connectivity index (χ2v) is 4.43. The highest BCUT2D eigenvalue weighted by Gasteiger charge is 2.15. The monoisotopic (exact) mass is 249 g/mol. The minimum absolute atomic E-state index is 0.253. The van der Waals surface area contributed by atoms with E-state index in [-0.39, 0.29) is 12.4 Å². The first kappa shape index (κ1) is 16.3. The zero-order valence-electron chi connectivity index (χ0n) is 10.9. The molecule has 0 atom stereocenters. The van der Waals surface area contributed by atoms with Gasteiger partial charge >= 0.3 is 5.97 Å². The summed E-state index contributed by atoms with van der Waals surface area (Å²) in [5, 5.41) is 0. The second kappa shape index (κ2) is 9.35. The fourth-order valence-electron chi connectivity index (χ4n) is 0.977. The van der Waals surface area contributed by atoms with Gasteiger partial charge in [-0.05, 0) is 20.8 Å². The highest BCUT2D eigenvalue weighted by molar-refractivity contribution is 5.69. The number of hydrogen-bond acceptors (Lipinski definition) is 6. The van der Waals surface area contributed by atoms with Gasteiger partial charge in [-0.25, -0.2) is 5.90 Å². The Hall–Kier alpha value is -0.690. The van der Waals surface area contributed by atoms with Crippen LogP contribution in [0.1, 0.15) is 27.2 Å². The molecule has 0 aliphatic carbocycles. The van der Waals surface area contributed by atoms with Crippen LogP contribution in [0.2, 0.25) is 0 Å². The summed E-state index contributed by atoms with van der Waals surface area (Å²) in [6.45, 7) is 7.53. The van der Waals surface area contributed by atoms with Crippen molar-refractivity contribution >= 4 is 5.97 Å². The zero-order valence-corrected chi connectivity index (χ0v) is 10.9. The van der Waals surface area contributed by atoms with E-state index in [0.29, 0.717) is 33.0 Å². The van der Waals surface area contributed by atoms with Crippen molar-refractivity contribution in [3.63, 3.8) is 0 Å². The Morgan fingerprint density at radius 1 is 1.00 bits per heavy atom. The predicted molar refractivity (Wildman–Crippen MR) is 62.2 cm³/mol. The van der Waals surface area contributed by atoms with Crippen LogP contribution in [0, 0.1) is 0 Å². The van der Waals surface area contributed by atoms with E-state index in [4.69, 9.17) is 20.1 Å². The molecule has 0 aliphatic rings. The first-order chi connectivity index (χ1) is 7.95. The Morgan fingerprint density at radius 2 is 1.53 bits per heavy atom. The van der Waals surface area contributed by atoms with E-state index in [1.807, 2.05) is 20.8 Å². The summed E-state index contributed by atoms with van der Waals surface area (Å²) in [6.07, 6.45) is 0.253. The standard InChI is InChI=1S/C11H23NO5/c1-11(2,3)17-10(13)4-5-14-6-7-15-8-9-16-12/h4-9,12H2,1-3H3. The quantitative estimate of drug-likeness (QED) is 0.367. The molecule has 0 aromatic heterocycles. The lowest BCUT2D eigenvalue weighted by Gasteiger charge is -2.19. The molecule has 0 heterocycles. The molecule has 102 valence electrons. The predicted octanol–water partition coefficient (Wildman–Crippen LogP) is 0.642. The third kappa shape index (κ3) is 13.2. The molecule has 0 rings (SSSR count). The molecule has 0 amide bonds. The fourth-order valence-corrected chi connectivity index (χ4v) is 0.977. The number of nitrogens with two attached hydrogens (primary N) is 1. The molecule has 6 heteroatoms. The van der Waals surface area contributed by atoms with E-state index >= 15 is 0 Å². The van der Waals surface area contributed by atoms with Gasteiger partial charge in [0.2, 0.25) is 0 Å². The van der Waals surface area contributed by atoms with E-state index in [1.165, 1.54) is 0 Å². The maximum atomic E-state index is 11.3. The summed E-state index contributed by atoms with van der Waals surface area (Å²) in [6, 6.07) is 0. The zero-order chi connectivity index (χ0) is 13.1. The SMILES string of the molecule is CC(C)(C)OC(=O)CCOCCOCCON. The summed E-state index contributed by atoms with van der Waals surface area (Å²) < 4.78 is 15.4. The van der Waals surface area contributed by atoms with Crippen LogP contribution in [-0.2, 0) is 23.8 Å². The van der Waals surface area contributed by atoms with E-state index in [9.17, 15) is 4.79 Å². The van der Waals surface area contributed by atoms with Gasteiger partial charge < -0.3 is 19.0 Å². The lowest BCUT2D eigenvalue weighted by atomic mass is 10.2. The van der Waals surface area contributed by atoms with Gasteiger partial charge in [-0.3, -0.25) is 4.79 Å². The van der Waals surface area contributed by atoms with Crippen molar-refractivity contribution in [2.75, 3.05) is 33.0 Å². The Balaban J connectivity index is 3.25. The van der Waals surface area contributed by atoms with Gasteiger partial charge in [0, 0.05) is 0 Å². The molecule has 0 bridgehead atoms. The Kier molecular flexibility index (Phi) is 8.97. The molecule has 0 saturated heterocycles. The number of carbonyl (C=O) groups excluding carboxylic acids is 1. The van der Waals surface area contributed by atoms with E-state index < -0.39 is 5.60 Å². The molecule has 0 aromatic rings. The fraction of sp³-hybridized carbons (Fsp3) is 0.909. The number of hydrogen-bond donors (Lipinski definition) is 1. The Morgan fingerprint density at radius 3 is 2.06 bits per heavy atom. The number of rotatable bonds is 9. The molecule has 0 unspecified atom stereocenters. The normalized spacial score (nSPS) is 11.5. The average molecular weight is 249 g/mol. The van der Waals surface area contributed by atoms with Gasteiger partial charge in [0.15, 0.2) is 0 Å². The van der Waals surface area contributed by atoms with Crippen molar-refractivity contribution in [2.24, 2.45) is 5.90 Å². The third-order valence-corrected chi connectivity index (χ3v) is 1.59. The summed E-state index contributed by atoms with van der Waals surface area (Å²) in [5.41, 5.74) is -0.442. The highest BCUT2D eigenvalue weighted by atomic mass is 16.6. The third-order valence-electron chi connectivity index (χ3n) is 1.59. The van der Waals surface area contributed by atoms with E-state index in [1.54, 1.807) is 0 Å². The molecule has 17 heavy (non-hydrogen) atoms. The maximum absolute atomic E-state index is 11.3. The van der Waals surface area contributed by atoms with Gasteiger partial charge in [0.25, 0.3) is 0 Å². The molecule has 0 spiro atoms. The largest absolute Gasteiger partial charge is 0.460 e. The number of carbonyl (C=O) groups is 1. The topological polar surface area (TPSA) is 80.0 Å². The lowest BCUT2D eigenvalue weighted by molar-refractivity contribution is -0.156. The second-order valence-electron chi connectivity index (χ2n) is 4.43. The Bertz CT molecular complexity index is 203. The number of ether oxygens (including phenoxy) is 3. The van der Waals surface area contributed by atoms with Crippen LogP contribution in [0.5, 0.6) is 0 Å². The maximum Gasteiger partial charge on any atom is 0.308 e. The van der Waals surface area contributed by atoms with Gasteiger partial charge in [0.05, 0.1) is 39.5 Å². The van der Waals surface area contributed by atoms with Crippen LogP contribution < -0.4 is 5.90 Å². The molecule has 0 fully saturated rings. The Labute approximate surface area is 102 Å². The lowest BCUT2D eigenvalue weighted by Crippen LogP contribution is -2.24. The van der Waals surface area contributed by atoms with Crippen LogP contribution in [0.4, 0.5) is 0 Å². The van der Waals surface area contributed by atoms with Gasteiger partial charge in [0.1, 0.15) is 5.60 Å². The molecule has 0 aromatic carbocycles. The molecule has 6 nitrogen and oxygen atoms in total. The summed E-state index contributed by atoms with van der Waals surface area (Å²) >= 11 is 0. The van der Waals surface area contributed by atoms with Crippen LogP contribution >= 0.6 is 0 Å². The van der Waals surface area contributed by atoms with Crippen LogP contribution in [0.25, 0.3) is 0 Å². The summed E-state index contributed by atoms with van der Waals surface area (Å²) in [5.74, 6) is 4.56. The van der Waals surface area contributed by atoms with Crippen molar-refractivity contribution in [2.45, 2.75) is 32.8 Å². The molecule has 0 saturated carbocycles. The van der Waals surface area contributed by atoms with Crippen molar-refractivity contribution in [1.82, 2.24) is 0 Å². The van der Waals surface area contributed by atoms with Gasteiger partial charge in [-0.1, -0.05) is 0 Å². The van der Waals surface area contributed by atoms with E-state index in [2.05, 4.69) is 4.84 Å². The minimum atomic E-state index is -0.442. The van der Waals surface area contributed by atoms with Crippen LogP contribution in [0.3, 0.4) is 0 Å². The van der Waals surface area contributed by atoms with Gasteiger partial charge in [-0.15, -0.1) is 0 Å². The van der Waals surface area contributed by atoms with Crippen LogP contribution in [0.15, 0.2) is 0 Å². The van der Waals surface area contributed by atoms with Crippen molar-refractivity contribution in [3.8, 4) is 0 Å². The van der Waals surface area contributed by atoms with Crippen molar-refractivity contribution in [3.05, 3.63) is 0 Å². The molecule has 0 aliphatic heterocycles. The molecular weight excluding hydrogens is 226 g/mol. The first-order valence-electron chi connectivity index (χ1n) is 5.65. The molecule has 0 radical (unpaired) electrons. The van der Waals surface area contributed by atoms with E-state index in [0.717, 1.165) is 0 Å². The minimum Gasteiger partial charge on any atom is -0.460 e.